The van der Waals surface area contributed by atoms with Crippen LogP contribution in [0.4, 0.5) is 0 Å². The third-order valence-electron chi connectivity index (χ3n) is 8.65. The molecule has 0 aliphatic carbocycles. The zero-order valence-electron chi connectivity index (χ0n) is 26.0. The largest absolute Gasteiger partial charge is 0.497 e. The predicted molar refractivity (Wildman–Crippen MR) is 167 cm³/mol. The van der Waals surface area contributed by atoms with Gasteiger partial charge >= 0.3 is 0 Å². The zero-order valence-corrected chi connectivity index (χ0v) is 26.0. The highest BCUT2D eigenvalue weighted by Gasteiger charge is 2.40. The average Bonchev–Trinajstić information content (AvgIpc) is 3.66. The molecular weight excluding hydrogens is 588 g/mol. The van der Waals surface area contributed by atoms with Gasteiger partial charge in [-0.25, -0.2) is 4.68 Å². The van der Waals surface area contributed by atoms with Gasteiger partial charge in [0.25, 0.3) is 5.91 Å². The first-order valence-corrected chi connectivity index (χ1v) is 15.4. The number of rotatable bonds is 7. The SMILES string of the molecule is COc1cccc(CN2CCC3(CC2)CC(=O)N[C@H](Cc2cn(Cc4ccccc4)nn2)C(=O)NCc2onc(C)c2C(=O)N3)c1. The summed E-state index contributed by atoms with van der Waals surface area (Å²) < 4.78 is 12.5. The van der Waals surface area contributed by atoms with Gasteiger partial charge < -0.3 is 25.2 Å². The van der Waals surface area contributed by atoms with E-state index < -0.39 is 17.5 Å². The summed E-state index contributed by atoms with van der Waals surface area (Å²) in [5.41, 5.74) is 2.62. The maximum Gasteiger partial charge on any atom is 0.257 e. The summed E-state index contributed by atoms with van der Waals surface area (Å²) in [7, 11) is 1.65. The molecule has 6 rings (SSSR count). The Morgan fingerprint density at radius 1 is 1.02 bits per heavy atom. The fraction of sp³-hybridized carbons (Fsp3) is 0.394. The van der Waals surface area contributed by atoms with Crippen LogP contribution in [0.1, 0.15) is 57.9 Å². The van der Waals surface area contributed by atoms with Crippen LogP contribution in [0.2, 0.25) is 0 Å². The topological polar surface area (TPSA) is 157 Å². The normalized spacial score (nSPS) is 18.9. The molecule has 0 unspecified atom stereocenters. The highest BCUT2D eigenvalue weighted by molar-refractivity contribution is 5.97. The molecule has 0 radical (unpaired) electrons. The Bertz CT molecular complexity index is 1690. The van der Waals surface area contributed by atoms with E-state index in [0.29, 0.717) is 43.9 Å². The number of carbonyl (C=O) groups excluding carboxylic acids is 3. The molecule has 2 aromatic carbocycles. The second kappa shape index (κ2) is 13.5. The van der Waals surface area contributed by atoms with Gasteiger partial charge in [0.2, 0.25) is 11.8 Å². The quantitative estimate of drug-likeness (QED) is 0.280. The number of hydrogen-bond acceptors (Lipinski definition) is 9. The predicted octanol–water partition coefficient (Wildman–Crippen LogP) is 2.14. The highest BCUT2D eigenvalue weighted by Crippen LogP contribution is 2.29. The van der Waals surface area contributed by atoms with Crippen molar-refractivity contribution in [2.45, 2.75) is 63.8 Å². The number of likely N-dealkylation sites (tertiary alicyclic amines) is 1. The summed E-state index contributed by atoms with van der Waals surface area (Å²) >= 11 is 0. The maximum absolute atomic E-state index is 13.6. The summed E-state index contributed by atoms with van der Waals surface area (Å²) in [5.74, 6) is -0.0700. The minimum atomic E-state index is -0.915. The molecule has 4 heterocycles. The summed E-state index contributed by atoms with van der Waals surface area (Å²) in [4.78, 5) is 43.0. The zero-order chi connectivity index (χ0) is 32.1. The number of carbonyl (C=O) groups is 3. The van der Waals surface area contributed by atoms with Crippen LogP contribution >= 0.6 is 0 Å². The fourth-order valence-electron chi connectivity index (χ4n) is 6.19. The molecular formula is C33H38N8O5. The number of benzene rings is 2. The second-order valence-electron chi connectivity index (χ2n) is 12.0. The summed E-state index contributed by atoms with van der Waals surface area (Å²) in [5, 5.41) is 21.4. The van der Waals surface area contributed by atoms with Gasteiger partial charge in [-0.3, -0.25) is 19.3 Å². The van der Waals surface area contributed by atoms with Gasteiger partial charge in [-0.05, 0) is 43.0 Å². The molecule has 240 valence electrons. The lowest BCUT2D eigenvalue weighted by Gasteiger charge is -2.42. The summed E-state index contributed by atoms with van der Waals surface area (Å²) in [6.07, 6.45) is 3.01. The summed E-state index contributed by atoms with van der Waals surface area (Å²) in [6.45, 7) is 4.20. The van der Waals surface area contributed by atoms with Crippen molar-refractivity contribution in [3.63, 3.8) is 0 Å². The monoisotopic (exact) mass is 626 g/mol. The van der Waals surface area contributed by atoms with Gasteiger partial charge in [0.15, 0.2) is 5.76 Å². The molecule has 46 heavy (non-hydrogen) atoms. The smallest absolute Gasteiger partial charge is 0.257 e. The molecule has 1 saturated heterocycles. The Kier molecular flexibility index (Phi) is 9.11. The average molecular weight is 627 g/mol. The van der Waals surface area contributed by atoms with E-state index in [1.165, 1.54) is 0 Å². The van der Waals surface area contributed by atoms with Crippen molar-refractivity contribution >= 4 is 17.7 Å². The van der Waals surface area contributed by atoms with E-state index in [-0.39, 0.29) is 42.5 Å². The Morgan fingerprint density at radius 3 is 2.59 bits per heavy atom. The number of aromatic nitrogens is 4. The van der Waals surface area contributed by atoms with Crippen LogP contribution < -0.4 is 20.7 Å². The Morgan fingerprint density at radius 2 is 1.80 bits per heavy atom. The number of aryl methyl sites for hydroxylation is 1. The van der Waals surface area contributed by atoms with Crippen LogP contribution in [0, 0.1) is 6.92 Å². The number of nitrogens with zero attached hydrogens (tertiary/aromatic N) is 5. The molecule has 13 nitrogen and oxygen atoms in total. The molecule has 2 aromatic heterocycles. The molecule has 0 saturated carbocycles. The summed E-state index contributed by atoms with van der Waals surface area (Å²) in [6, 6.07) is 16.9. The fourth-order valence-corrected chi connectivity index (χ4v) is 6.19. The van der Waals surface area contributed by atoms with Gasteiger partial charge in [-0.2, -0.15) is 0 Å². The van der Waals surface area contributed by atoms with E-state index in [9.17, 15) is 14.4 Å². The van der Waals surface area contributed by atoms with Crippen LogP contribution in [-0.4, -0.2) is 74.6 Å². The van der Waals surface area contributed by atoms with Crippen LogP contribution in [0.5, 0.6) is 5.75 Å². The Hall–Kier alpha value is -5.04. The van der Waals surface area contributed by atoms with Crippen LogP contribution in [0.3, 0.4) is 0 Å². The number of methoxy groups -OCH3 is 1. The standard InChI is InChI=1S/C33H38N8O5/c1-22-30-28(46-38-22)18-34-31(43)27(16-25-21-41(39-37-25)20-23-7-4-3-5-8-23)35-29(42)17-33(36-32(30)44)11-13-40(14-12-33)19-24-9-6-10-26(15-24)45-2/h3-10,15,21,27H,11-14,16-20H2,1-2H3,(H,34,43)(H,35,42)(H,36,44)/t27-/m1/s1. The molecule has 3 N–H and O–H groups in total. The third-order valence-corrected chi connectivity index (χ3v) is 8.65. The van der Waals surface area contributed by atoms with Crippen molar-refractivity contribution in [3.8, 4) is 5.75 Å². The molecule has 4 aromatic rings. The Balaban J connectivity index is 1.20. The maximum atomic E-state index is 13.6. The van der Waals surface area contributed by atoms with Crippen molar-refractivity contribution < 1.29 is 23.6 Å². The van der Waals surface area contributed by atoms with E-state index in [0.717, 1.165) is 23.4 Å². The first-order valence-electron chi connectivity index (χ1n) is 15.4. The lowest BCUT2D eigenvalue weighted by atomic mass is 9.83. The van der Waals surface area contributed by atoms with Gasteiger partial charge in [0.1, 0.15) is 17.4 Å². The van der Waals surface area contributed by atoms with Crippen molar-refractivity contribution in [2.75, 3.05) is 20.2 Å². The van der Waals surface area contributed by atoms with Gasteiger partial charge in [-0.1, -0.05) is 52.8 Å². The number of nitrogens with one attached hydrogen (secondary N) is 3. The van der Waals surface area contributed by atoms with E-state index in [1.807, 2.05) is 48.5 Å². The third kappa shape index (κ3) is 7.26. The van der Waals surface area contributed by atoms with Crippen molar-refractivity contribution in [2.24, 2.45) is 0 Å². The molecule has 1 spiro atoms. The van der Waals surface area contributed by atoms with Crippen molar-refractivity contribution in [1.29, 1.82) is 0 Å². The number of fused-ring (bicyclic) bond motifs is 1. The lowest BCUT2D eigenvalue weighted by molar-refractivity contribution is -0.130. The van der Waals surface area contributed by atoms with Gasteiger partial charge in [-0.15, -0.1) is 5.10 Å². The van der Waals surface area contributed by atoms with Crippen LogP contribution in [0.25, 0.3) is 0 Å². The van der Waals surface area contributed by atoms with Crippen LogP contribution in [0.15, 0.2) is 65.3 Å². The number of amides is 3. The molecule has 3 amide bonds. The number of hydrogen-bond donors (Lipinski definition) is 3. The number of ether oxygens (including phenoxy) is 1. The van der Waals surface area contributed by atoms with E-state index in [2.05, 4.69) is 42.4 Å². The van der Waals surface area contributed by atoms with E-state index in [1.54, 1.807) is 24.9 Å². The molecule has 2 aliphatic heterocycles. The lowest BCUT2D eigenvalue weighted by Crippen LogP contribution is -2.58. The molecule has 13 heteroatoms. The van der Waals surface area contributed by atoms with Crippen molar-refractivity contribution in [3.05, 3.63) is 94.6 Å². The van der Waals surface area contributed by atoms with Crippen molar-refractivity contribution in [1.82, 2.24) is 41.0 Å². The highest BCUT2D eigenvalue weighted by atomic mass is 16.5. The molecule has 2 aliphatic rings. The molecule has 0 bridgehead atoms. The van der Waals surface area contributed by atoms with E-state index in [4.69, 9.17) is 9.26 Å². The molecule has 1 fully saturated rings. The van der Waals surface area contributed by atoms with Gasteiger partial charge in [0.05, 0.1) is 37.1 Å². The Labute approximate surface area is 266 Å². The van der Waals surface area contributed by atoms with E-state index >= 15 is 0 Å². The minimum absolute atomic E-state index is 0.00980. The van der Waals surface area contributed by atoms with Gasteiger partial charge in [0, 0.05) is 38.7 Å². The first-order chi connectivity index (χ1) is 22.3. The second-order valence-corrected chi connectivity index (χ2v) is 12.0. The first kappa shape index (κ1) is 31.0. The molecule has 1 atom stereocenters. The van der Waals surface area contributed by atoms with Crippen LogP contribution in [-0.2, 0) is 35.6 Å². The minimum Gasteiger partial charge on any atom is -0.497 e. The number of piperidine rings is 1.